The van der Waals surface area contributed by atoms with Crippen LogP contribution >= 0.6 is 0 Å². The molecule has 1 rings (SSSR count). The fourth-order valence-electron chi connectivity index (χ4n) is 3.36. The van der Waals surface area contributed by atoms with Gasteiger partial charge in [0.25, 0.3) is 0 Å². The maximum absolute atomic E-state index is 12.4. The van der Waals surface area contributed by atoms with Crippen LogP contribution in [0, 0.1) is 11.8 Å². The number of piperazine rings is 1. The Morgan fingerprint density at radius 3 is 2.33 bits per heavy atom. The highest BCUT2D eigenvalue weighted by Gasteiger charge is 2.32. The quantitative estimate of drug-likeness (QED) is 0.714. The molecule has 0 spiro atoms. The summed E-state index contributed by atoms with van der Waals surface area (Å²) in [4.78, 5) is 17.2. The van der Waals surface area contributed by atoms with E-state index in [1.165, 1.54) is 0 Å². The molecule has 0 aromatic rings. The zero-order chi connectivity index (χ0) is 16.0. The number of carbonyl (C=O) groups excluding carboxylic acids is 1. The summed E-state index contributed by atoms with van der Waals surface area (Å²) in [6, 6.07) is 1.02. The molecule has 2 atom stereocenters. The van der Waals surface area contributed by atoms with Gasteiger partial charge in [-0.25, -0.2) is 0 Å². The highest BCUT2D eigenvalue weighted by molar-refractivity contribution is 5.76. The summed E-state index contributed by atoms with van der Waals surface area (Å²) >= 11 is 0. The zero-order valence-corrected chi connectivity index (χ0v) is 15.1. The average molecular weight is 296 g/mol. The van der Waals surface area contributed by atoms with E-state index in [0.29, 0.717) is 29.8 Å². The standard InChI is InChI=1S/C18H36N2O/c1-7-17-13-19(18(21)10-8-9-14(2)3)12-16(6)20(17)11-15(4)5/h14-17H,7-13H2,1-6H3. The Labute approximate surface area is 132 Å². The number of hydrogen-bond acceptors (Lipinski definition) is 2. The van der Waals surface area contributed by atoms with Gasteiger partial charge in [0.15, 0.2) is 0 Å². The lowest BCUT2D eigenvalue weighted by Gasteiger charge is -2.46. The van der Waals surface area contributed by atoms with Crippen molar-refractivity contribution in [3.63, 3.8) is 0 Å². The molecular weight excluding hydrogens is 260 g/mol. The lowest BCUT2D eigenvalue weighted by atomic mass is 10.0. The third-order valence-electron chi connectivity index (χ3n) is 4.52. The summed E-state index contributed by atoms with van der Waals surface area (Å²) in [5.41, 5.74) is 0. The van der Waals surface area contributed by atoms with Crippen molar-refractivity contribution in [2.24, 2.45) is 11.8 Å². The largest absolute Gasteiger partial charge is 0.340 e. The highest BCUT2D eigenvalue weighted by atomic mass is 16.2. The molecule has 0 aromatic heterocycles. The van der Waals surface area contributed by atoms with Gasteiger partial charge < -0.3 is 4.90 Å². The molecule has 0 radical (unpaired) electrons. The van der Waals surface area contributed by atoms with Gasteiger partial charge in [-0.05, 0) is 31.6 Å². The summed E-state index contributed by atoms with van der Waals surface area (Å²) in [7, 11) is 0. The van der Waals surface area contributed by atoms with Gasteiger partial charge in [-0.2, -0.15) is 0 Å². The first kappa shape index (κ1) is 18.5. The normalized spacial score (nSPS) is 24.1. The van der Waals surface area contributed by atoms with Crippen LogP contribution in [-0.2, 0) is 4.79 Å². The first-order valence-electron chi connectivity index (χ1n) is 8.88. The van der Waals surface area contributed by atoms with Crippen LogP contribution in [0.1, 0.15) is 67.2 Å². The minimum absolute atomic E-state index is 0.366. The van der Waals surface area contributed by atoms with Crippen LogP contribution < -0.4 is 0 Å². The lowest BCUT2D eigenvalue weighted by Crippen LogP contribution is -2.59. The van der Waals surface area contributed by atoms with Gasteiger partial charge in [0.2, 0.25) is 5.91 Å². The van der Waals surface area contributed by atoms with Crippen molar-refractivity contribution in [2.45, 2.75) is 79.3 Å². The molecule has 0 N–H and O–H groups in total. The molecule has 0 aromatic carbocycles. The molecule has 21 heavy (non-hydrogen) atoms. The third-order valence-corrected chi connectivity index (χ3v) is 4.52. The van der Waals surface area contributed by atoms with Gasteiger partial charge >= 0.3 is 0 Å². The molecule has 1 amide bonds. The van der Waals surface area contributed by atoms with Crippen LogP contribution in [0.5, 0.6) is 0 Å². The average Bonchev–Trinajstić information content (AvgIpc) is 2.39. The molecule has 2 unspecified atom stereocenters. The maximum atomic E-state index is 12.4. The SMILES string of the molecule is CCC1CN(C(=O)CCCC(C)C)CC(C)N1CC(C)C. The van der Waals surface area contributed by atoms with Crippen molar-refractivity contribution >= 4 is 5.91 Å². The van der Waals surface area contributed by atoms with Crippen LogP contribution in [0.2, 0.25) is 0 Å². The van der Waals surface area contributed by atoms with Crippen molar-refractivity contribution in [3.8, 4) is 0 Å². The molecule has 0 bridgehead atoms. The monoisotopic (exact) mass is 296 g/mol. The molecule has 1 aliphatic heterocycles. The molecule has 124 valence electrons. The second-order valence-corrected chi connectivity index (χ2v) is 7.59. The Balaban J connectivity index is 2.54. The second kappa shape index (κ2) is 8.77. The van der Waals surface area contributed by atoms with Crippen LogP contribution in [0.4, 0.5) is 0 Å². The van der Waals surface area contributed by atoms with E-state index in [0.717, 1.165) is 45.3 Å². The van der Waals surface area contributed by atoms with Crippen LogP contribution in [-0.4, -0.2) is 47.4 Å². The van der Waals surface area contributed by atoms with Crippen molar-refractivity contribution < 1.29 is 4.79 Å². The number of hydrogen-bond donors (Lipinski definition) is 0. The number of amides is 1. The third kappa shape index (κ3) is 5.98. The molecular formula is C18H36N2O. The molecule has 1 aliphatic rings. The Bertz CT molecular complexity index is 314. The van der Waals surface area contributed by atoms with E-state index in [9.17, 15) is 4.79 Å². The minimum atomic E-state index is 0.366. The second-order valence-electron chi connectivity index (χ2n) is 7.59. The van der Waals surface area contributed by atoms with Crippen molar-refractivity contribution in [2.75, 3.05) is 19.6 Å². The highest BCUT2D eigenvalue weighted by Crippen LogP contribution is 2.21. The van der Waals surface area contributed by atoms with Gasteiger partial charge in [0.1, 0.15) is 0 Å². The van der Waals surface area contributed by atoms with Crippen molar-refractivity contribution in [1.29, 1.82) is 0 Å². The molecule has 1 saturated heterocycles. The van der Waals surface area contributed by atoms with Crippen LogP contribution in [0.25, 0.3) is 0 Å². The van der Waals surface area contributed by atoms with Crippen molar-refractivity contribution in [1.82, 2.24) is 9.80 Å². The van der Waals surface area contributed by atoms with E-state index in [1.54, 1.807) is 0 Å². The zero-order valence-electron chi connectivity index (χ0n) is 15.1. The van der Waals surface area contributed by atoms with Crippen LogP contribution in [0.15, 0.2) is 0 Å². The van der Waals surface area contributed by atoms with Gasteiger partial charge in [0, 0.05) is 38.1 Å². The predicted octanol–water partition coefficient (Wildman–Crippen LogP) is 3.78. The first-order chi connectivity index (χ1) is 9.85. The Morgan fingerprint density at radius 2 is 1.81 bits per heavy atom. The fraction of sp³-hybridized carbons (Fsp3) is 0.944. The minimum Gasteiger partial charge on any atom is -0.340 e. The van der Waals surface area contributed by atoms with Gasteiger partial charge in [-0.3, -0.25) is 9.69 Å². The number of rotatable bonds is 7. The van der Waals surface area contributed by atoms with Crippen LogP contribution in [0.3, 0.4) is 0 Å². The maximum Gasteiger partial charge on any atom is 0.222 e. The van der Waals surface area contributed by atoms with E-state index >= 15 is 0 Å². The van der Waals surface area contributed by atoms with Crippen molar-refractivity contribution in [3.05, 3.63) is 0 Å². The lowest BCUT2D eigenvalue weighted by molar-refractivity contribution is -0.136. The summed E-state index contributed by atoms with van der Waals surface area (Å²) in [6.45, 7) is 16.5. The Morgan fingerprint density at radius 1 is 1.14 bits per heavy atom. The number of nitrogens with zero attached hydrogens (tertiary/aromatic N) is 2. The van der Waals surface area contributed by atoms with Gasteiger partial charge in [-0.1, -0.05) is 41.0 Å². The van der Waals surface area contributed by atoms with Gasteiger partial charge in [-0.15, -0.1) is 0 Å². The Hall–Kier alpha value is -0.570. The topological polar surface area (TPSA) is 23.6 Å². The van der Waals surface area contributed by atoms with E-state index in [-0.39, 0.29) is 0 Å². The fourth-order valence-corrected chi connectivity index (χ4v) is 3.36. The predicted molar refractivity (Wildman–Crippen MR) is 90.4 cm³/mol. The van der Waals surface area contributed by atoms with E-state index < -0.39 is 0 Å². The molecule has 0 aliphatic carbocycles. The Kier molecular flexibility index (Phi) is 7.72. The molecule has 1 heterocycles. The molecule has 3 nitrogen and oxygen atoms in total. The summed E-state index contributed by atoms with van der Waals surface area (Å²) < 4.78 is 0. The number of carbonyl (C=O) groups is 1. The smallest absolute Gasteiger partial charge is 0.222 e. The van der Waals surface area contributed by atoms with E-state index in [1.807, 2.05) is 0 Å². The van der Waals surface area contributed by atoms with Gasteiger partial charge in [0.05, 0.1) is 0 Å². The molecule has 0 saturated carbocycles. The molecule has 3 heteroatoms. The first-order valence-corrected chi connectivity index (χ1v) is 8.88. The summed E-state index contributed by atoms with van der Waals surface area (Å²) in [5, 5.41) is 0. The van der Waals surface area contributed by atoms with E-state index in [4.69, 9.17) is 0 Å². The van der Waals surface area contributed by atoms with E-state index in [2.05, 4.69) is 51.3 Å². The molecule has 1 fully saturated rings. The summed E-state index contributed by atoms with van der Waals surface area (Å²) in [5.74, 6) is 1.75. The summed E-state index contributed by atoms with van der Waals surface area (Å²) in [6.07, 6.45) is 4.05.